The standard InChI is InChI=1S/C17H15ClO/c18-16-11-4-3-9-14(16)15-10-5-7-12-6-1-2-8-13(12)17(15)19/h1-4,6,8-9,11,15H,5,7,10H2. The van der Waals surface area contributed by atoms with Gasteiger partial charge in [-0.1, -0.05) is 54.1 Å². The minimum atomic E-state index is -0.0997. The van der Waals surface area contributed by atoms with Gasteiger partial charge in [0.2, 0.25) is 0 Å². The zero-order valence-electron chi connectivity index (χ0n) is 10.6. The second kappa shape index (κ2) is 5.18. The Balaban J connectivity index is 2.05. The highest BCUT2D eigenvalue weighted by Gasteiger charge is 2.27. The predicted octanol–water partition coefficient (Wildman–Crippen LogP) is 4.64. The summed E-state index contributed by atoms with van der Waals surface area (Å²) in [7, 11) is 0. The fourth-order valence-electron chi connectivity index (χ4n) is 2.85. The van der Waals surface area contributed by atoms with Gasteiger partial charge in [-0.05, 0) is 36.5 Å². The van der Waals surface area contributed by atoms with Crippen LogP contribution in [0.5, 0.6) is 0 Å². The van der Waals surface area contributed by atoms with Gasteiger partial charge in [0.1, 0.15) is 0 Å². The van der Waals surface area contributed by atoms with E-state index in [2.05, 4.69) is 6.07 Å². The van der Waals surface area contributed by atoms with Crippen LogP contribution >= 0.6 is 11.6 Å². The lowest BCUT2D eigenvalue weighted by Crippen LogP contribution is -2.12. The minimum absolute atomic E-state index is 0.0997. The maximum absolute atomic E-state index is 12.7. The van der Waals surface area contributed by atoms with Crippen molar-refractivity contribution in [3.05, 3.63) is 70.2 Å². The van der Waals surface area contributed by atoms with Crippen LogP contribution in [0.3, 0.4) is 0 Å². The summed E-state index contributed by atoms with van der Waals surface area (Å²) < 4.78 is 0. The molecular weight excluding hydrogens is 256 g/mol. The summed E-state index contributed by atoms with van der Waals surface area (Å²) in [5, 5.41) is 0.695. The lowest BCUT2D eigenvalue weighted by molar-refractivity contribution is 0.0957. The first-order chi connectivity index (χ1) is 9.27. The number of halogens is 1. The Labute approximate surface area is 118 Å². The van der Waals surface area contributed by atoms with Crippen LogP contribution in [0.1, 0.15) is 40.2 Å². The van der Waals surface area contributed by atoms with Crippen molar-refractivity contribution in [1.82, 2.24) is 0 Å². The van der Waals surface area contributed by atoms with Crippen LogP contribution in [0, 0.1) is 0 Å². The molecule has 1 atom stereocenters. The third-order valence-electron chi connectivity index (χ3n) is 3.82. The molecule has 0 heterocycles. The Morgan fingerprint density at radius 1 is 1.00 bits per heavy atom. The fraction of sp³-hybridized carbons (Fsp3) is 0.235. The number of carbonyl (C=O) groups is 1. The van der Waals surface area contributed by atoms with Crippen molar-refractivity contribution in [2.24, 2.45) is 0 Å². The van der Waals surface area contributed by atoms with Gasteiger partial charge in [0.05, 0.1) is 0 Å². The summed E-state index contributed by atoms with van der Waals surface area (Å²) in [6.45, 7) is 0. The van der Waals surface area contributed by atoms with E-state index in [1.807, 2.05) is 42.5 Å². The second-order valence-electron chi connectivity index (χ2n) is 4.99. The zero-order valence-corrected chi connectivity index (χ0v) is 11.4. The number of aryl methyl sites for hydroxylation is 1. The number of rotatable bonds is 1. The topological polar surface area (TPSA) is 17.1 Å². The van der Waals surface area contributed by atoms with E-state index >= 15 is 0 Å². The van der Waals surface area contributed by atoms with Crippen LogP contribution in [-0.4, -0.2) is 5.78 Å². The Morgan fingerprint density at radius 2 is 1.74 bits per heavy atom. The molecule has 1 aliphatic rings. The van der Waals surface area contributed by atoms with E-state index in [0.29, 0.717) is 5.02 Å². The van der Waals surface area contributed by atoms with Crippen molar-refractivity contribution in [3.8, 4) is 0 Å². The summed E-state index contributed by atoms with van der Waals surface area (Å²) >= 11 is 6.25. The van der Waals surface area contributed by atoms with Gasteiger partial charge >= 0.3 is 0 Å². The molecule has 0 amide bonds. The summed E-state index contributed by atoms with van der Waals surface area (Å²) in [5.41, 5.74) is 3.00. The molecule has 0 spiro atoms. The smallest absolute Gasteiger partial charge is 0.170 e. The maximum Gasteiger partial charge on any atom is 0.170 e. The van der Waals surface area contributed by atoms with Gasteiger partial charge in [-0.2, -0.15) is 0 Å². The highest BCUT2D eigenvalue weighted by atomic mass is 35.5. The highest BCUT2D eigenvalue weighted by Crippen LogP contribution is 2.34. The van der Waals surface area contributed by atoms with Crippen LogP contribution in [0.2, 0.25) is 5.02 Å². The van der Waals surface area contributed by atoms with E-state index in [4.69, 9.17) is 11.6 Å². The summed E-state index contributed by atoms with van der Waals surface area (Å²) in [6, 6.07) is 15.6. The molecule has 0 N–H and O–H groups in total. The van der Waals surface area contributed by atoms with Crippen LogP contribution in [-0.2, 0) is 6.42 Å². The minimum Gasteiger partial charge on any atom is -0.293 e. The molecular formula is C17H15ClO. The SMILES string of the molecule is O=C1c2ccccc2CCCC1c1ccccc1Cl. The van der Waals surface area contributed by atoms with Crippen LogP contribution in [0.15, 0.2) is 48.5 Å². The second-order valence-corrected chi connectivity index (χ2v) is 5.39. The summed E-state index contributed by atoms with van der Waals surface area (Å²) in [6.07, 6.45) is 2.87. The molecule has 1 aliphatic carbocycles. The predicted molar refractivity (Wildman–Crippen MR) is 77.9 cm³/mol. The van der Waals surface area contributed by atoms with Crippen molar-refractivity contribution in [3.63, 3.8) is 0 Å². The number of hydrogen-bond acceptors (Lipinski definition) is 1. The molecule has 2 aromatic rings. The van der Waals surface area contributed by atoms with Crippen LogP contribution in [0.25, 0.3) is 0 Å². The molecule has 0 saturated heterocycles. The van der Waals surface area contributed by atoms with E-state index < -0.39 is 0 Å². The first kappa shape index (κ1) is 12.4. The average molecular weight is 271 g/mol. The molecule has 2 aromatic carbocycles. The molecule has 96 valence electrons. The Bertz CT molecular complexity index is 618. The largest absolute Gasteiger partial charge is 0.293 e. The third-order valence-corrected chi connectivity index (χ3v) is 4.16. The highest BCUT2D eigenvalue weighted by molar-refractivity contribution is 6.31. The Morgan fingerprint density at radius 3 is 2.58 bits per heavy atom. The number of Topliss-reactive ketones (excluding diaryl/α,β-unsaturated/α-hetero) is 1. The van der Waals surface area contributed by atoms with Crippen LogP contribution in [0.4, 0.5) is 0 Å². The molecule has 2 heteroatoms. The normalized spacial score (nSPS) is 18.8. The van der Waals surface area contributed by atoms with Crippen molar-refractivity contribution >= 4 is 17.4 Å². The van der Waals surface area contributed by atoms with Gasteiger partial charge < -0.3 is 0 Å². The zero-order chi connectivity index (χ0) is 13.2. The van der Waals surface area contributed by atoms with Gasteiger partial charge in [0, 0.05) is 16.5 Å². The monoisotopic (exact) mass is 270 g/mol. The first-order valence-electron chi connectivity index (χ1n) is 6.64. The lowest BCUT2D eigenvalue weighted by Gasteiger charge is -2.15. The number of ketones is 1. The quantitative estimate of drug-likeness (QED) is 0.690. The molecule has 3 rings (SSSR count). The van der Waals surface area contributed by atoms with E-state index in [0.717, 1.165) is 30.4 Å². The van der Waals surface area contributed by atoms with Crippen molar-refractivity contribution in [1.29, 1.82) is 0 Å². The van der Waals surface area contributed by atoms with Crippen molar-refractivity contribution in [2.45, 2.75) is 25.2 Å². The molecule has 0 bridgehead atoms. The molecule has 1 nitrogen and oxygen atoms in total. The summed E-state index contributed by atoms with van der Waals surface area (Å²) in [4.78, 5) is 12.7. The maximum atomic E-state index is 12.7. The fourth-order valence-corrected chi connectivity index (χ4v) is 3.12. The van der Waals surface area contributed by atoms with Crippen molar-refractivity contribution < 1.29 is 4.79 Å². The molecule has 1 unspecified atom stereocenters. The Hall–Kier alpha value is -1.60. The molecule has 0 radical (unpaired) electrons. The van der Waals surface area contributed by atoms with E-state index in [-0.39, 0.29) is 11.7 Å². The third kappa shape index (κ3) is 2.31. The number of fused-ring (bicyclic) bond motifs is 1. The molecule has 19 heavy (non-hydrogen) atoms. The number of hydrogen-bond donors (Lipinski definition) is 0. The van der Waals surface area contributed by atoms with E-state index in [1.54, 1.807) is 0 Å². The van der Waals surface area contributed by atoms with E-state index in [9.17, 15) is 4.79 Å². The Kier molecular flexibility index (Phi) is 3.39. The molecule has 0 aliphatic heterocycles. The van der Waals surface area contributed by atoms with Gasteiger partial charge in [0.15, 0.2) is 5.78 Å². The van der Waals surface area contributed by atoms with Gasteiger partial charge in [-0.3, -0.25) is 4.79 Å². The van der Waals surface area contributed by atoms with Gasteiger partial charge in [-0.25, -0.2) is 0 Å². The molecule has 0 saturated carbocycles. The molecule has 0 aromatic heterocycles. The average Bonchev–Trinajstić information content (AvgIpc) is 2.60. The van der Waals surface area contributed by atoms with Crippen molar-refractivity contribution in [2.75, 3.05) is 0 Å². The van der Waals surface area contributed by atoms with Gasteiger partial charge in [0.25, 0.3) is 0 Å². The first-order valence-corrected chi connectivity index (χ1v) is 7.01. The lowest BCUT2D eigenvalue weighted by atomic mass is 9.88. The number of carbonyl (C=O) groups excluding carboxylic acids is 1. The molecule has 0 fully saturated rings. The van der Waals surface area contributed by atoms with E-state index in [1.165, 1.54) is 5.56 Å². The number of benzene rings is 2. The van der Waals surface area contributed by atoms with Crippen LogP contribution < -0.4 is 0 Å². The summed E-state index contributed by atoms with van der Waals surface area (Å²) in [5.74, 6) is 0.110. The van der Waals surface area contributed by atoms with Gasteiger partial charge in [-0.15, -0.1) is 0 Å².